The van der Waals surface area contributed by atoms with Crippen LogP contribution < -0.4 is 0 Å². The highest BCUT2D eigenvalue weighted by Gasteiger charge is 2.33. The van der Waals surface area contributed by atoms with Crippen molar-refractivity contribution in [3.05, 3.63) is 59.4 Å². The summed E-state index contributed by atoms with van der Waals surface area (Å²) in [7, 11) is 2.13. The summed E-state index contributed by atoms with van der Waals surface area (Å²) >= 11 is 1.46. The summed E-state index contributed by atoms with van der Waals surface area (Å²) in [5.74, 6) is 1.57. The molecule has 1 saturated heterocycles. The molecule has 0 aliphatic carbocycles. The van der Waals surface area contributed by atoms with Crippen molar-refractivity contribution >= 4 is 16.3 Å². The lowest BCUT2D eigenvalue weighted by Crippen LogP contribution is -2.46. The van der Waals surface area contributed by atoms with Gasteiger partial charge in [-0.25, -0.2) is 0 Å². The fourth-order valence-electron chi connectivity index (χ4n) is 3.64. The van der Waals surface area contributed by atoms with Crippen LogP contribution in [0.5, 0.6) is 5.88 Å². The van der Waals surface area contributed by atoms with Gasteiger partial charge in [0.2, 0.25) is 10.8 Å². The van der Waals surface area contributed by atoms with Gasteiger partial charge in [-0.05, 0) is 19.2 Å². The van der Waals surface area contributed by atoms with Crippen LogP contribution in [0.3, 0.4) is 0 Å². The van der Waals surface area contributed by atoms with E-state index in [1.54, 1.807) is 6.26 Å². The van der Waals surface area contributed by atoms with Gasteiger partial charge in [0.05, 0.1) is 11.1 Å². The number of aromatic hydroxyl groups is 1. The van der Waals surface area contributed by atoms with Crippen LogP contribution in [0.2, 0.25) is 0 Å². The molecule has 7 nitrogen and oxygen atoms in total. The number of nitrogens with zero attached hydrogens (tertiary/aromatic N) is 5. The van der Waals surface area contributed by atoms with Crippen molar-refractivity contribution < 1.29 is 9.52 Å². The Kier molecular flexibility index (Phi) is 4.38. The molecule has 1 unspecified atom stereocenters. The van der Waals surface area contributed by atoms with Crippen molar-refractivity contribution in [2.24, 2.45) is 0 Å². The molecule has 0 bridgehead atoms. The van der Waals surface area contributed by atoms with E-state index in [-0.39, 0.29) is 11.9 Å². The van der Waals surface area contributed by atoms with E-state index in [0.29, 0.717) is 10.8 Å². The Hall–Kier alpha value is -2.68. The maximum atomic E-state index is 11.0. The molecule has 144 valence electrons. The van der Waals surface area contributed by atoms with Gasteiger partial charge in [-0.3, -0.25) is 4.90 Å². The summed E-state index contributed by atoms with van der Waals surface area (Å²) in [6.45, 7) is 3.78. The summed E-state index contributed by atoms with van der Waals surface area (Å²) < 4.78 is 7.28. The Morgan fingerprint density at radius 1 is 1.07 bits per heavy atom. The van der Waals surface area contributed by atoms with Crippen LogP contribution in [0.25, 0.3) is 16.3 Å². The highest BCUT2D eigenvalue weighted by atomic mass is 32.1. The number of hydrogen-bond donors (Lipinski definition) is 1. The van der Waals surface area contributed by atoms with E-state index in [1.807, 2.05) is 42.5 Å². The largest absolute Gasteiger partial charge is 0.492 e. The predicted octanol–water partition coefficient (Wildman–Crippen LogP) is 3.09. The van der Waals surface area contributed by atoms with E-state index >= 15 is 0 Å². The number of furan rings is 1. The van der Waals surface area contributed by atoms with Gasteiger partial charge in [-0.2, -0.15) is 9.50 Å². The Morgan fingerprint density at radius 2 is 1.86 bits per heavy atom. The highest BCUT2D eigenvalue weighted by Crippen LogP contribution is 2.40. The monoisotopic (exact) mass is 395 g/mol. The van der Waals surface area contributed by atoms with Crippen molar-refractivity contribution in [1.29, 1.82) is 0 Å². The van der Waals surface area contributed by atoms with Crippen LogP contribution in [-0.2, 0) is 0 Å². The lowest BCUT2D eigenvalue weighted by Gasteiger charge is -2.36. The number of likely N-dealkylation sites (N-methyl/N-ethyl adjacent to an activating group) is 1. The molecular weight excluding hydrogens is 374 g/mol. The third-order valence-electron chi connectivity index (χ3n) is 5.20. The van der Waals surface area contributed by atoms with E-state index in [0.717, 1.165) is 42.4 Å². The minimum Gasteiger partial charge on any atom is -0.492 e. The molecule has 1 aliphatic rings. The number of aromatic nitrogens is 3. The minimum absolute atomic E-state index is 0.134. The maximum Gasteiger partial charge on any atom is 0.230 e. The van der Waals surface area contributed by atoms with Gasteiger partial charge in [-0.15, -0.1) is 5.10 Å². The number of rotatable bonds is 4. The molecule has 1 aromatic carbocycles. The van der Waals surface area contributed by atoms with Crippen molar-refractivity contribution in [3.8, 4) is 17.3 Å². The van der Waals surface area contributed by atoms with Gasteiger partial charge in [0, 0.05) is 31.7 Å². The summed E-state index contributed by atoms with van der Waals surface area (Å²) in [5.41, 5.74) is 0.931. The third-order valence-corrected chi connectivity index (χ3v) is 6.27. The Morgan fingerprint density at radius 3 is 2.54 bits per heavy atom. The lowest BCUT2D eigenvalue weighted by atomic mass is 10.1. The molecule has 0 radical (unpaired) electrons. The van der Waals surface area contributed by atoms with Crippen LogP contribution in [0.4, 0.5) is 0 Å². The molecule has 5 rings (SSSR count). The first-order chi connectivity index (χ1) is 13.7. The molecule has 4 heterocycles. The standard InChI is InChI=1S/C20H21N5O2S/c1-23-9-11-24(12-10-23)16(15-8-5-13-27-15)17-19(26)25-20(28-17)21-18(22-25)14-6-3-2-4-7-14/h2-8,13,16,26H,9-12H2,1H3. The number of benzene rings is 1. The fraction of sp³-hybridized carbons (Fsp3) is 0.300. The molecule has 1 aliphatic heterocycles. The Bertz CT molecular complexity index is 1070. The summed E-state index contributed by atoms with van der Waals surface area (Å²) in [6.07, 6.45) is 1.68. The van der Waals surface area contributed by atoms with Crippen LogP contribution in [0, 0.1) is 0 Å². The molecule has 0 amide bonds. The summed E-state index contributed by atoms with van der Waals surface area (Å²) in [5, 5.41) is 15.5. The smallest absolute Gasteiger partial charge is 0.230 e. The molecule has 0 spiro atoms. The first-order valence-electron chi connectivity index (χ1n) is 9.30. The van der Waals surface area contributed by atoms with Crippen molar-refractivity contribution in [1.82, 2.24) is 24.4 Å². The molecule has 1 N–H and O–H groups in total. The average Bonchev–Trinajstić information content (AvgIpc) is 3.44. The van der Waals surface area contributed by atoms with E-state index in [2.05, 4.69) is 26.9 Å². The van der Waals surface area contributed by atoms with Crippen LogP contribution >= 0.6 is 11.3 Å². The fourth-order valence-corrected chi connectivity index (χ4v) is 4.74. The zero-order valence-electron chi connectivity index (χ0n) is 15.5. The minimum atomic E-state index is -0.141. The van der Waals surface area contributed by atoms with Gasteiger partial charge >= 0.3 is 0 Å². The van der Waals surface area contributed by atoms with Crippen LogP contribution in [0.1, 0.15) is 16.7 Å². The molecule has 3 aromatic heterocycles. The van der Waals surface area contributed by atoms with E-state index in [9.17, 15) is 5.11 Å². The zero-order chi connectivity index (χ0) is 19.1. The predicted molar refractivity (Wildman–Crippen MR) is 108 cm³/mol. The summed E-state index contributed by atoms with van der Waals surface area (Å²) in [6, 6.07) is 13.5. The third kappa shape index (κ3) is 2.99. The molecule has 28 heavy (non-hydrogen) atoms. The second-order valence-electron chi connectivity index (χ2n) is 7.04. The quantitative estimate of drug-likeness (QED) is 0.573. The highest BCUT2D eigenvalue weighted by molar-refractivity contribution is 7.17. The molecule has 1 fully saturated rings. The maximum absolute atomic E-state index is 11.0. The lowest BCUT2D eigenvalue weighted by molar-refractivity contribution is 0.117. The van der Waals surface area contributed by atoms with Gasteiger partial charge in [0.25, 0.3) is 0 Å². The molecule has 4 aromatic rings. The second kappa shape index (κ2) is 7.05. The van der Waals surface area contributed by atoms with Gasteiger partial charge < -0.3 is 14.4 Å². The number of piperazine rings is 1. The first-order valence-corrected chi connectivity index (χ1v) is 10.1. The number of fused-ring (bicyclic) bond motifs is 1. The van der Waals surface area contributed by atoms with E-state index in [4.69, 9.17) is 4.42 Å². The normalized spacial score (nSPS) is 17.3. The molecule has 0 saturated carbocycles. The Balaban J connectivity index is 1.55. The molecular formula is C20H21N5O2S. The second-order valence-corrected chi connectivity index (χ2v) is 8.05. The van der Waals surface area contributed by atoms with Gasteiger partial charge in [0.15, 0.2) is 5.82 Å². The van der Waals surface area contributed by atoms with Crippen molar-refractivity contribution in [3.63, 3.8) is 0 Å². The number of thiazole rings is 1. The van der Waals surface area contributed by atoms with Crippen molar-refractivity contribution in [2.75, 3.05) is 33.2 Å². The van der Waals surface area contributed by atoms with Crippen LogP contribution in [-0.4, -0.2) is 62.7 Å². The first kappa shape index (κ1) is 17.4. The van der Waals surface area contributed by atoms with Crippen molar-refractivity contribution in [2.45, 2.75) is 6.04 Å². The molecule has 1 atom stereocenters. The Labute approximate surface area is 166 Å². The number of hydrogen-bond acceptors (Lipinski definition) is 7. The average molecular weight is 395 g/mol. The van der Waals surface area contributed by atoms with Gasteiger partial charge in [-0.1, -0.05) is 41.7 Å². The topological polar surface area (TPSA) is 70.0 Å². The summed E-state index contributed by atoms with van der Waals surface area (Å²) in [4.78, 5) is 10.8. The SMILES string of the molecule is CN1CCN(C(c2ccco2)c2sc3nc(-c4ccccc4)nn3c2O)CC1. The van der Waals surface area contributed by atoms with Gasteiger partial charge in [0.1, 0.15) is 11.8 Å². The van der Waals surface area contributed by atoms with E-state index in [1.165, 1.54) is 15.9 Å². The molecule has 8 heteroatoms. The zero-order valence-corrected chi connectivity index (χ0v) is 16.3. The van der Waals surface area contributed by atoms with Crippen LogP contribution in [0.15, 0.2) is 53.1 Å². The van der Waals surface area contributed by atoms with E-state index < -0.39 is 0 Å².